The number of rotatable bonds is 7. The number of benzene rings is 3. The molecular weight excluding hydrogens is 473 g/mol. The van der Waals surface area contributed by atoms with Crippen molar-refractivity contribution >= 4 is 33.0 Å². The Hall–Kier alpha value is -3.79. The molecule has 8 nitrogen and oxygen atoms in total. The molecule has 1 aliphatic rings. The van der Waals surface area contributed by atoms with Crippen LogP contribution in [0.15, 0.2) is 65.6 Å². The van der Waals surface area contributed by atoms with Gasteiger partial charge >= 0.3 is 0 Å². The Kier molecular flexibility index (Phi) is 7.11. The number of methoxy groups -OCH3 is 1. The number of carbonyl (C=O) groups is 1. The summed E-state index contributed by atoms with van der Waals surface area (Å²) in [6, 6.07) is 14.3. The molecule has 1 fully saturated rings. The van der Waals surface area contributed by atoms with Gasteiger partial charge < -0.3 is 20.1 Å². The van der Waals surface area contributed by atoms with Gasteiger partial charge in [-0.3, -0.25) is 9.52 Å². The van der Waals surface area contributed by atoms with Gasteiger partial charge in [0.25, 0.3) is 15.9 Å². The highest BCUT2D eigenvalue weighted by Gasteiger charge is 2.25. The maximum absolute atomic E-state index is 14.1. The van der Waals surface area contributed by atoms with E-state index in [0.717, 1.165) is 44.5 Å². The van der Waals surface area contributed by atoms with Gasteiger partial charge in [-0.15, -0.1) is 0 Å². The molecule has 0 spiro atoms. The second kappa shape index (κ2) is 10.2. The number of phenolic OH excluding ortho intramolecular Hbond substituents is 1. The highest BCUT2D eigenvalue weighted by atomic mass is 32.2. The normalized spacial score (nSPS) is 13.8. The first kappa shape index (κ1) is 24.3. The third-order valence-corrected chi connectivity index (χ3v) is 7.15. The molecule has 0 unspecified atom stereocenters. The first-order valence-electron chi connectivity index (χ1n) is 11.1. The summed E-state index contributed by atoms with van der Waals surface area (Å²) in [6.45, 7) is 1.44. The number of aromatic hydroxyl groups is 1. The first-order chi connectivity index (χ1) is 16.8. The highest BCUT2D eigenvalue weighted by Crippen LogP contribution is 2.32. The summed E-state index contributed by atoms with van der Waals surface area (Å²) in [7, 11) is -2.52. The third-order valence-electron chi connectivity index (χ3n) is 5.74. The molecular formula is C25H26FN3O5S. The second-order valence-corrected chi connectivity index (χ2v) is 9.83. The van der Waals surface area contributed by atoms with E-state index in [4.69, 9.17) is 4.74 Å². The van der Waals surface area contributed by atoms with Gasteiger partial charge in [-0.25, -0.2) is 12.8 Å². The maximum Gasteiger partial charge on any atom is 0.264 e. The van der Waals surface area contributed by atoms with Crippen molar-refractivity contribution in [3.63, 3.8) is 0 Å². The van der Waals surface area contributed by atoms with Crippen molar-refractivity contribution in [2.24, 2.45) is 0 Å². The Labute approximate surface area is 203 Å². The van der Waals surface area contributed by atoms with Crippen molar-refractivity contribution in [2.75, 3.05) is 35.1 Å². The number of hydrogen-bond donors (Lipinski definition) is 3. The molecule has 4 rings (SSSR count). The van der Waals surface area contributed by atoms with Gasteiger partial charge in [0.15, 0.2) is 0 Å². The van der Waals surface area contributed by atoms with Crippen molar-refractivity contribution in [2.45, 2.75) is 24.2 Å². The van der Waals surface area contributed by atoms with Crippen LogP contribution in [0.5, 0.6) is 11.5 Å². The van der Waals surface area contributed by atoms with E-state index in [9.17, 15) is 22.7 Å². The van der Waals surface area contributed by atoms with E-state index in [1.165, 1.54) is 19.2 Å². The van der Waals surface area contributed by atoms with E-state index in [1.54, 1.807) is 36.4 Å². The van der Waals surface area contributed by atoms with E-state index in [-0.39, 0.29) is 21.9 Å². The summed E-state index contributed by atoms with van der Waals surface area (Å²) in [5, 5.41) is 11.9. The van der Waals surface area contributed by atoms with Gasteiger partial charge in [0.2, 0.25) is 0 Å². The minimum atomic E-state index is -4.04. The van der Waals surface area contributed by atoms with Crippen LogP contribution in [0.2, 0.25) is 0 Å². The Morgan fingerprint density at radius 1 is 0.971 bits per heavy atom. The standard InChI is InChI=1S/C25H26FN3O5S/c1-34-20-9-5-17(6-10-20)28-35(32,33)24-15-18(7-12-23(24)29-13-3-2-4-14-29)27-25(31)21-11-8-19(30)16-22(21)26/h5-12,15-16,28,30H,2-4,13-14H2,1H3,(H,27,31). The van der Waals surface area contributed by atoms with Gasteiger partial charge in [0, 0.05) is 30.5 Å². The Morgan fingerprint density at radius 3 is 2.31 bits per heavy atom. The average molecular weight is 500 g/mol. The Balaban J connectivity index is 1.67. The van der Waals surface area contributed by atoms with E-state index >= 15 is 0 Å². The number of nitrogens with zero attached hydrogens (tertiary/aromatic N) is 1. The fourth-order valence-corrected chi connectivity index (χ4v) is 5.27. The number of halogens is 1. The van der Waals surface area contributed by atoms with Crippen molar-refractivity contribution in [1.29, 1.82) is 0 Å². The van der Waals surface area contributed by atoms with Crippen LogP contribution in [0.25, 0.3) is 0 Å². The number of carbonyl (C=O) groups excluding carboxylic acids is 1. The largest absolute Gasteiger partial charge is 0.508 e. The molecule has 3 N–H and O–H groups in total. The highest BCUT2D eigenvalue weighted by molar-refractivity contribution is 7.92. The number of hydrogen-bond acceptors (Lipinski definition) is 6. The molecule has 1 heterocycles. The lowest BCUT2D eigenvalue weighted by molar-refractivity contribution is 0.102. The molecule has 0 aliphatic carbocycles. The second-order valence-electron chi connectivity index (χ2n) is 8.18. The molecule has 3 aromatic rings. The van der Waals surface area contributed by atoms with Crippen molar-refractivity contribution in [3.05, 3.63) is 72.0 Å². The molecule has 0 aromatic heterocycles. The fourth-order valence-electron chi connectivity index (χ4n) is 3.96. The minimum Gasteiger partial charge on any atom is -0.508 e. The minimum absolute atomic E-state index is 0.000744. The Morgan fingerprint density at radius 2 is 1.66 bits per heavy atom. The topological polar surface area (TPSA) is 108 Å². The van der Waals surface area contributed by atoms with E-state index in [1.807, 2.05) is 4.90 Å². The number of anilines is 3. The van der Waals surface area contributed by atoms with Gasteiger partial charge in [-0.2, -0.15) is 0 Å². The van der Waals surface area contributed by atoms with Gasteiger partial charge in [0.05, 0.1) is 18.4 Å². The van der Waals surface area contributed by atoms with Crippen LogP contribution in [0.1, 0.15) is 29.6 Å². The van der Waals surface area contributed by atoms with Gasteiger partial charge in [0.1, 0.15) is 22.2 Å². The molecule has 184 valence electrons. The molecule has 0 radical (unpaired) electrons. The molecule has 10 heteroatoms. The molecule has 1 saturated heterocycles. The first-order valence-corrected chi connectivity index (χ1v) is 12.6. The monoisotopic (exact) mass is 499 g/mol. The number of phenols is 1. The van der Waals surface area contributed by atoms with Crippen LogP contribution < -0.4 is 19.7 Å². The zero-order valence-corrected chi connectivity index (χ0v) is 19.9. The number of ether oxygens (including phenoxy) is 1. The average Bonchev–Trinajstić information content (AvgIpc) is 2.84. The fraction of sp³-hybridized carbons (Fsp3) is 0.240. The summed E-state index contributed by atoms with van der Waals surface area (Å²) >= 11 is 0. The summed E-state index contributed by atoms with van der Waals surface area (Å²) in [5.74, 6) is -1.36. The predicted octanol–water partition coefficient (Wildman–Crippen LogP) is 4.58. The molecule has 3 aromatic carbocycles. The van der Waals surface area contributed by atoms with Crippen LogP contribution in [0.4, 0.5) is 21.5 Å². The molecule has 0 atom stereocenters. The van der Waals surface area contributed by atoms with Crippen LogP contribution in [0, 0.1) is 5.82 Å². The summed E-state index contributed by atoms with van der Waals surface area (Å²) in [4.78, 5) is 14.6. The number of piperidine rings is 1. The van der Waals surface area contributed by atoms with Gasteiger partial charge in [-0.05, 0) is 73.9 Å². The zero-order valence-electron chi connectivity index (χ0n) is 19.1. The van der Waals surface area contributed by atoms with Crippen LogP contribution in [0.3, 0.4) is 0 Å². The zero-order chi connectivity index (χ0) is 25.0. The van der Waals surface area contributed by atoms with Crippen molar-refractivity contribution in [1.82, 2.24) is 0 Å². The smallest absolute Gasteiger partial charge is 0.264 e. The van der Waals surface area contributed by atoms with E-state index in [0.29, 0.717) is 17.1 Å². The summed E-state index contributed by atoms with van der Waals surface area (Å²) < 4.78 is 48.7. The lowest BCUT2D eigenvalue weighted by Crippen LogP contribution is -2.31. The number of amides is 1. The van der Waals surface area contributed by atoms with Crippen molar-refractivity contribution in [3.8, 4) is 11.5 Å². The van der Waals surface area contributed by atoms with E-state index < -0.39 is 21.7 Å². The molecule has 1 aliphatic heterocycles. The quantitative estimate of drug-likeness (QED) is 0.439. The summed E-state index contributed by atoms with van der Waals surface area (Å²) in [5.41, 5.74) is 0.803. The number of nitrogens with one attached hydrogen (secondary N) is 2. The molecule has 1 amide bonds. The molecule has 35 heavy (non-hydrogen) atoms. The SMILES string of the molecule is COc1ccc(NS(=O)(=O)c2cc(NC(=O)c3ccc(O)cc3F)ccc2N2CCCCC2)cc1. The lowest BCUT2D eigenvalue weighted by atomic mass is 10.1. The lowest BCUT2D eigenvalue weighted by Gasteiger charge is -2.30. The molecule has 0 saturated carbocycles. The molecule has 0 bridgehead atoms. The Bertz CT molecular complexity index is 1320. The summed E-state index contributed by atoms with van der Waals surface area (Å²) in [6.07, 6.45) is 2.98. The predicted molar refractivity (Wildman–Crippen MR) is 132 cm³/mol. The third kappa shape index (κ3) is 5.65. The van der Waals surface area contributed by atoms with Gasteiger partial charge in [-0.1, -0.05) is 0 Å². The van der Waals surface area contributed by atoms with Crippen molar-refractivity contribution < 1.29 is 27.4 Å². The van der Waals surface area contributed by atoms with Crippen LogP contribution in [-0.4, -0.2) is 39.6 Å². The van der Waals surface area contributed by atoms with Crippen LogP contribution >= 0.6 is 0 Å². The number of sulfonamides is 1. The maximum atomic E-state index is 14.1. The van der Waals surface area contributed by atoms with E-state index in [2.05, 4.69) is 10.0 Å². The van der Waals surface area contributed by atoms with Crippen LogP contribution in [-0.2, 0) is 10.0 Å².